The van der Waals surface area contributed by atoms with Crippen LogP contribution < -0.4 is 10.1 Å². The third-order valence-electron chi connectivity index (χ3n) is 6.55. The molecule has 190 valence electrons. The fourth-order valence-electron chi connectivity index (χ4n) is 4.48. The molecular formula is C31H38ClN3O. The number of aromatic nitrogens is 2. The average molecular weight is 504 g/mol. The van der Waals surface area contributed by atoms with Crippen molar-refractivity contribution in [3.8, 4) is 17.1 Å². The summed E-state index contributed by atoms with van der Waals surface area (Å²) < 4.78 is 8.40. The summed E-state index contributed by atoms with van der Waals surface area (Å²) >= 11 is 5.97. The molecule has 0 aliphatic rings. The lowest BCUT2D eigenvalue weighted by Gasteiger charge is -2.11. The molecule has 0 radical (unpaired) electrons. The van der Waals surface area contributed by atoms with Crippen LogP contribution in [-0.4, -0.2) is 29.2 Å². The zero-order chi connectivity index (χ0) is 25.2. The van der Waals surface area contributed by atoms with Gasteiger partial charge in [-0.2, -0.15) is 0 Å². The molecule has 1 heterocycles. The quantitative estimate of drug-likeness (QED) is 0.179. The van der Waals surface area contributed by atoms with Crippen LogP contribution in [0, 0.1) is 0 Å². The maximum absolute atomic E-state index is 6.00. The van der Waals surface area contributed by atoms with Gasteiger partial charge in [-0.1, -0.05) is 50.1 Å². The summed E-state index contributed by atoms with van der Waals surface area (Å²) in [6.07, 6.45) is 6.66. The fraction of sp³-hybridized carbons (Fsp3) is 0.387. The minimum atomic E-state index is 0.632. The number of nitrogens with zero attached hydrogens (tertiary/aromatic N) is 2. The van der Waals surface area contributed by atoms with Crippen LogP contribution in [0.1, 0.15) is 50.7 Å². The number of halogens is 1. The molecule has 3 aromatic carbocycles. The molecule has 0 aliphatic heterocycles. The van der Waals surface area contributed by atoms with Crippen molar-refractivity contribution >= 4 is 22.6 Å². The second kappa shape index (κ2) is 13.5. The smallest absolute Gasteiger partial charge is 0.141 e. The van der Waals surface area contributed by atoms with Crippen LogP contribution in [0.5, 0.6) is 5.75 Å². The van der Waals surface area contributed by atoms with Crippen molar-refractivity contribution in [1.82, 2.24) is 14.9 Å². The Hall–Kier alpha value is -2.82. The first-order chi connectivity index (χ1) is 17.7. The zero-order valence-corrected chi connectivity index (χ0v) is 22.4. The monoisotopic (exact) mass is 503 g/mol. The maximum atomic E-state index is 6.00. The minimum Gasteiger partial charge on any atom is -0.493 e. The number of imidazole rings is 1. The van der Waals surface area contributed by atoms with Gasteiger partial charge in [0.1, 0.15) is 11.6 Å². The minimum absolute atomic E-state index is 0.632. The first-order valence-corrected chi connectivity index (χ1v) is 13.7. The van der Waals surface area contributed by atoms with E-state index in [1.165, 1.54) is 29.5 Å². The van der Waals surface area contributed by atoms with E-state index in [9.17, 15) is 0 Å². The Balaban J connectivity index is 1.46. The number of aryl methyl sites for hydroxylation is 2. The van der Waals surface area contributed by atoms with Gasteiger partial charge in [-0.05, 0) is 98.4 Å². The van der Waals surface area contributed by atoms with Crippen LogP contribution in [0.3, 0.4) is 0 Å². The molecule has 0 saturated carbocycles. The Morgan fingerprint density at radius 3 is 2.39 bits per heavy atom. The molecule has 4 nitrogen and oxygen atoms in total. The first-order valence-electron chi connectivity index (χ1n) is 13.4. The Kier molecular flexibility index (Phi) is 9.83. The number of unbranched alkanes of at least 4 members (excludes halogenated alkanes) is 2. The molecule has 0 unspecified atom stereocenters. The molecule has 4 rings (SSSR count). The van der Waals surface area contributed by atoms with E-state index >= 15 is 0 Å². The highest BCUT2D eigenvalue weighted by atomic mass is 35.5. The molecule has 0 spiro atoms. The lowest BCUT2D eigenvalue weighted by molar-refractivity contribution is 0.322. The largest absolute Gasteiger partial charge is 0.493 e. The van der Waals surface area contributed by atoms with Gasteiger partial charge in [0.15, 0.2) is 0 Å². The van der Waals surface area contributed by atoms with E-state index in [0.29, 0.717) is 6.61 Å². The van der Waals surface area contributed by atoms with Crippen molar-refractivity contribution in [2.75, 3.05) is 19.7 Å². The predicted octanol–water partition coefficient (Wildman–Crippen LogP) is 7.71. The van der Waals surface area contributed by atoms with Crippen molar-refractivity contribution in [2.45, 2.75) is 58.9 Å². The highest BCUT2D eigenvalue weighted by molar-refractivity contribution is 6.30. The summed E-state index contributed by atoms with van der Waals surface area (Å²) in [6, 6.07) is 23.1. The Morgan fingerprint density at radius 2 is 1.64 bits per heavy atom. The molecule has 0 fully saturated rings. The molecule has 1 aromatic heterocycles. The second-order valence-electron chi connectivity index (χ2n) is 9.32. The van der Waals surface area contributed by atoms with E-state index in [1.807, 2.05) is 24.3 Å². The summed E-state index contributed by atoms with van der Waals surface area (Å²) in [7, 11) is 0. The van der Waals surface area contributed by atoms with E-state index < -0.39 is 0 Å². The average Bonchev–Trinajstić information content (AvgIpc) is 3.26. The third kappa shape index (κ3) is 7.11. The van der Waals surface area contributed by atoms with Gasteiger partial charge in [-0.15, -0.1) is 0 Å². The normalized spacial score (nSPS) is 11.3. The van der Waals surface area contributed by atoms with Gasteiger partial charge in [-0.25, -0.2) is 4.98 Å². The Morgan fingerprint density at radius 1 is 0.861 bits per heavy atom. The van der Waals surface area contributed by atoms with Crippen LogP contribution in [0.15, 0.2) is 66.7 Å². The molecule has 36 heavy (non-hydrogen) atoms. The van der Waals surface area contributed by atoms with Crippen LogP contribution in [0.4, 0.5) is 0 Å². The van der Waals surface area contributed by atoms with Gasteiger partial charge in [0.05, 0.1) is 17.6 Å². The molecule has 1 N–H and O–H groups in total. The van der Waals surface area contributed by atoms with Crippen LogP contribution >= 0.6 is 11.6 Å². The SMILES string of the molecule is CCCCn1c(-c2ccc(OCCc3ccc(Cl)cc3)cc2)nc2ccc(CCCCNCC)cc21. The maximum Gasteiger partial charge on any atom is 0.141 e. The van der Waals surface area contributed by atoms with Crippen LogP contribution in [-0.2, 0) is 19.4 Å². The van der Waals surface area contributed by atoms with Crippen LogP contribution in [0.2, 0.25) is 5.02 Å². The van der Waals surface area contributed by atoms with E-state index in [0.717, 1.165) is 73.0 Å². The number of rotatable bonds is 14. The van der Waals surface area contributed by atoms with Gasteiger partial charge in [0, 0.05) is 23.6 Å². The first kappa shape index (κ1) is 26.2. The van der Waals surface area contributed by atoms with E-state index in [4.69, 9.17) is 21.3 Å². The summed E-state index contributed by atoms with van der Waals surface area (Å²) in [4.78, 5) is 5.04. The molecule has 0 saturated heterocycles. The van der Waals surface area contributed by atoms with Crippen molar-refractivity contribution in [2.24, 2.45) is 0 Å². The summed E-state index contributed by atoms with van der Waals surface area (Å²) in [6.45, 7) is 8.15. The van der Waals surface area contributed by atoms with Crippen molar-refractivity contribution in [3.63, 3.8) is 0 Å². The van der Waals surface area contributed by atoms with Gasteiger partial charge in [-0.3, -0.25) is 0 Å². The third-order valence-corrected chi connectivity index (χ3v) is 6.80. The second-order valence-corrected chi connectivity index (χ2v) is 9.76. The number of nitrogens with one attached hydrogen (secondary N) is 1. The lowest BCUT2D eigenvalue weighted by Crippen LogP contribution is -2.13. The molecule has 5 heteroatoms. The predicted molar refractivity (Wildman–Crippen MR) is 152 cm³/mol. The standard InChI is InChI=1S/C31H38ClN3O/c1-3-5-21-35-30-23-25(8-6-7-20-33-4-2)11-18-29(30)34-31(35)26-12-16-28(17-13-26)36-22-19-24-9-14-27(32)15-10-24/h9-18,23,33H,3-8,19-22H2,1-2H3. The number of hydrogen-bond acceptors (Lipinski definition) is 3. The highest BCUT2D eigenvalue weighted by Crippen LogP contribution is 2.28. The summed E-state index contributed by atoms with van der Waals surface area (Å²) in [5.41, 5.74) is 6.05. The number of ether oxygens (including phenoxy) is 1. The fourth-order valence-corrected chi connectivity index (χ4v) is 4.61. The molecule has 0 atom stereocenters. The van der Waals surface area contributed by atoms with Crippen molar-refractivity contribution in [1.29, 1.82) is 0 Å². The van der Waals surface area contributed by atoms with Gasteiger partial charge >= 0.3 is 0 Å². The summed E-state index contributed by atoms with van der Waals surface area (Å²) in [5.74, 6) is 1.92. The Labute approximate surface area is 220 Å². The topological polar surface area (TPSA) is 39.1 Å². The number of fused-ring (bicyclic) bond motifs is 1. The summed E-state index contributed by atoms with van der Waals surface area (Å²) in [5, 5.41) is 4.18. The Bertz CT molecular complexity index is 1220. The van der Waals surface area contributed by atoms with Gasteiger partial charge < -0.3 is 14.6 Å². The van der Waals surface area contributed by atoms with Gasteiger partial charge in [0.2, 0.25) is 0 Å². The lowest BCUT2D eigenvalue weighted by atomic mass is 10.1. The molecule has 4 aromatic rings. The van der Waals surface area contributed by atoms with Crippen molar-refractivity contribution in [3.05, 3.63) is 82.9 Å². The number of benzene rings is 3. The highest BCUT2D eigenvalue weighted by Gasteiger charge is 2.13. The number of hydrogen-bond donors (Lipinski definition) is 1. The van der Waals surface area contributed by atoms with Gasteiger partial charge in [0.25, 0.3) is 0 Å². The molecule has 0 amide bonds. The van der Waals surface area contributed by atoms with E-state index in [-0.39, 0.29) is 0 Å². The molecule has 0 bridgehead atoms. The molecular weight excluding hydrogens is 466 g/mol. The van der Waals surface area contributed by atoms with Crippen molar-refractivity contribution < 1.29 is 4.74 Å². The van der Waals surface area contributed by atoms with Crippen LogP contribution in [0.25, 0.3) is 22.4 Å². The zero-order valence-electron chi connectivity index (χ0n) is 21.6. The molecule has 0 aliphatic carbocycles. The van der Waals surface area contributed by atoms with E-state index in [1.54, 1.807) is 0 Å². The van der Waals surface area contributed by atoms with E-state index in [2.05, 4.69) is 66.2 Å².